The average Bonchev–Trinajstić information content (AvgIpc) is 3.55. The van der Waals surface area contributed by atoms with Crippen molar-refractivity contribution in [2.45, 2.75) is 13.3 Å². The normalized spacial score (nSPS) is 14.1. The van der Waals surface area contributed by atoms with Gasteiger partial charge in [-0.3, -0.25) is 4.57 Å². The predicted octanol–water partition coefficient (Wildman–Crippen LogP) is 10.9. The Balaban J connectivity index is 1.60. The summed E-state index contributed by atoms with van der Waals surface area (Å²) in [4.78, 5) is 4.84. The third-order valence-electron chi connectivity index (χ3n) is 8.00. The van der Waals surface area contributed by atoms with Crippen molar-refractivity contribution >= 4 is 32.6 Å². The zero-order chi connectivity index (χ0) is 35.7. The maximum atomic E-state index is 9.35. The summed E-state index contributed by atoms with van der Waals surface area (Å²) in [5.74, 6) is 0.833. The molecular weight excluding hydrogens is 520 g/mol. The van der Waals surface area contributed by atoms with Gasteiger partial charge in [-0.15, -0.1) is 0 Å². The van der Waals surface area contributed by atoms with E-state index in [0.717, 1.165) is 33.7 Å². The number of aryl methyl sites for hydroxylation is 1. The van der Waals surface area contributed by atoms with Crippen molar-refractivity contribution in [3.8, 4) is 39.1 Å². The van der Waals surface area contributed by atoms with Gasteiger partial charge in [-0.1, -0.05) is 134 Å². The van der Waals surface area contributed by atoms with Gasteiger partial charge in [0.15, 0.2) is 0 Å². The lowest BCUT2D eigenvalue weighted by atomic mass is 9.84. The molecule has 0 saturated carbocycles. The van der Waals surface area contributed by atoms with E-state index in [1.165, 1.54) is 0 Å². The first-order chi connectivity index (χ1) is 24.6. The van der Waals surface area contributed by atoms with Crippen molar-refractivity contribution in [1.29, 1.82) is 0 Å². The van der Waals surface area contributed by atoms with Gasteiger partial charge in [-0.05, 0) is 79.2 Å². The molecule has 8 aromatic rings. The van der Waals surface area contributed by atoms with Crippen LogP contribution in [0.2, 0.25) is 0 Å². The molecule has 2 nitrogen and oxygen atoms in total. The minimum absolute atomic E-state index is 0.180. The Hall–Kier alpha value is -5.47. The third-order valence-corrected chi connectivity index (χ3v) is 8.00. The smallest absolute Gasteiger partial charge is 0.114 e. The number of hydrogen-bond acceptors (Lipinski definition) is 1. The van der Waals surface area contributed by atoms with Gasteiger partial charge in [0.25, 0.3) is 0 Å². The molecule has 0 amide bonds. The van der Waals surface area contributed by atoms with Crippen LogP contribution in [0.5, 0.6) is 0 Å². The molecule has 0 spiro atoms. The summed E-state index contributed by atoms with van der Waals surface area (Å²) in [6.45, 7) is 2.03. The molecule has 0 saturated heterocycles. The van der Waals surface area contributed by atoms with Gasteiger partial charge in [-0.2, -0.15) is 0 Å². The van der Waals surface area contributed by atoms with Gasteiger partial charge in [0, 0.05) is 12.1 Å². The van der Waals surface area contributed by atoms with E-state index < -0.39 is 24.2 Å². The highest BCUT2D eigenvalue weighted by molar-refractivity contribution is 6.22. The van der Waals surface area contributed by atoms with Crippen LogP contribution in [0.4, 0.5) is 0 Å². The Bertz CT molecular complexity index is 2640. The Kier molecular flexibility index (Phi) is 4.40. The number of para-hydroxylation sites is 2. The number of nitrogens with zero attached hydrogens (tertiary/aromatic N) is 2. The number of benzene rings is 7. The van der Waals surface area contributed by atoms with Gasteiger partial charge in [0.05, 0.1) is 22.0 Å². The van der Waals surface area contributed by atoms with E-state index in [1.54, 1.807) is 0 Å². The van der Waals surface area contributed by atoms with Crippen LogP contribution in [0.3, 0.4) is 0 Å². The Morgan fingerprint density at radius 3 is 1.86 bits per heavy atom. The Labute approximate surface area is 262 Å². The van der Waals surface area contributed by atoms with Crippen molar-refractivity contribution in [2.75, 3.05) is 0 Å². The van der Waals surface area contributed by atoms with Crippen LogP contribution in [0.1, 0.15) is 23.7 Å². The molecule has 1 aromatic heterocycles. The van der Waals surface area contributed by atoms with Crippen molar-refractivity contribution in [3.63, 3.8) is 0 Å². The molecule has 0 aliphatic heterocycles. The van der Waals surface area contributed by atoms with E-state index in [4.69, 9.17) is 10.5 Å². The van der Waals surface area contributed by atoms with E-state index >= 15 is 0 Å². The quantitative estimate of drug-likeness (QED) is 0.192. The van der Waals surface area contributed by atoms with Crippen LogP contribution < -0.4 is 0 Å². The summed E-state index contributed by atoms with van der Waals surface area (Å²) in [5.41, 5.74) is 5.88. The monoisotopic (exact) mass is 558 g/mol. The number of rotatable bonds is 5. The maximum Gasteiger partial charge on any atom is 0.114 e. The summed E-state index contributed by atoms with van der Waals surface area (Å²) in [5, 5.41) is 0.730. The molecule has 8 rings (SSSR count). The van der Waals surface area contributed by atoms with Gasteiger partial charge in [0.2, 0.25) is 0 Å². The van der Waals surface area contributed by atoms with Gasteiger partial charge in [-0.25, -0.2) is 4.98 Å². The highest BCUT2D eigenvalue weighted by Crippen LogP contribution is 2.46. The molecule has 0 radical (unpaired) electrons. The highest BCUT2D eigenvalue weighted by Gasteiger charge is 2.19. The van der Waals surface area contributed by atoms with E-state index in [1.807, 2.05) is 110 Å². The van der Waals surface area contributed by atoms with Crippen molar-refractivity contribution in [3.05, 3.63) is 157 Å². The fourth-order valence-corrected chi connectivity index (χ4v) is 6.16. The van der Waals surface area contributed by atoms with E-state index in [2.05, 4.69) is 4.57 Å². The lowest BCUT2D eigenvalue weighted by molar-refractivity contribution is 0.908. The molecule has 0 fully saturated rings. The molecule has 1 heterocycles. The highest BCUT2D eigenvalue weighted by atomic mass is 15.1. The largest absolute Gasteiger partial charge is 0.296 e. The second kappa shape index (κ2) is 10.4. The Morgan fingerprint density at radius 1 is 0.581 bits per heavy atom. The average molecular weight is 559 g/mol. The first kappa shape index (κ1) is 18.1. The fraction of sp³-hybridized carbons (Fsp3) is 0.0488. The molecule has 204 valence electrons. The summed E-state index contributed by atoms with van der Waals surface area (Å²) in [7, 11) is 0. The van der Waals surface area contributed by atoms with Gasteiger partial charge < -0.3 is 0 Å². The zero-order valence-corrected chi connectivity index (χ0v) is 23.4. The van der Waals surface area contributed by atoms with Crippen LogP contribution in [0, 0.1) is 0 Å². The summed E-state index contributed by atoms with van der Waals surface area (Å²) in [6.07, 6.45) is 0.654. The van der Waals surface area contributed by atoms with E-state index in [9.17, 15) is 5.48 Å². The molecule has 0 atom stereocenters. The summed E-state index contributed by atoms with van der Waals surface area (Å²) < 4.78 is 74.6. The van der Waals surface area contributed by atoms with Crippen molar-refractivity contribution in [1.82, 2.24) is 9.55 Å². The first-order valence-electron chi connectivity index (χ1n) is 18.3. The summed E-state index contributed by atoms with van der Waals surface area (Å²) in [6, 6.07) is 29.5. The molecule has 0 aliphatic rings. The van der Waals surface area contributed by atoms with Gasteiger partial charge in [0.1, 0.15) is 5.82 Å². The molecular formula is C41H30N2. The lowest BCUT2D eigenvalue weighted by Gasteiger charge is -2.20. The van der Waals surface area contributed by atoms with Crippen LogP contribution >= 0.6 is 0 Å². The second-order valence-electron chi connectivity index (χ2n) is 10.4. The Morgan fingerprint density at radius 2 is 1.16 bits per heavy atom. The zero-order valence-electron chi connectivity index (χ0n) is 31.4. The first-order valence-corrected chi connectivity index (χ1v) is 14.3. The second-order valence-corrected chi connectivity index (χ2v) is 10.4. The van der Waals surface area contributed by atoms with Crippen molar-refractivity contribution in [2.24, 2.45) is 0 Å². The van der Waals surface area contributed by atoms with Crippen molar-refractivity contribution < 1.29 is 11.0 Å². The van der Waals surface area contributed by atoms with Gasteiger partial charge >= 0.3 is 0 Å². The number of hydrogen-bond donors (Lipinski definition) is 0. The van der Waals surface area contributed by atoms with Crippen LogP contribution in [-0.2, 0) is 6.42 Å². The molecule has 7 aromatic carbocycles. The number of aromatic nitrogens is 2. The van der Waals surface area contributed by atoms with Crippen LogP contribution in [0.15, 0.2) is 151 Å². The topological polar surface area (TPSA) is 17.8 Å². The third kappa shape index (κ3) is 4.14. The van der Waals surface area contributed by atoms with Crippen LogP contribution in [-0.4, -0.2) is 9.55 Å². The molecule has 0 aliphatic carbocycles. The fourth-order valence-electron chi connectivity index (χ4n) is 6.16. The standard InChI is InChI=1S/C41H30N2/c1-2-39-42-37-25-12-13-26-38(37)43(39)30-18-14-17-29(27-30)40-33-21-8-10-23-35(33)41(36-24-11-9-22-34(36)40)32-20-7-6-19-31(32)28-15-4-3-5-16-28/h3-27H,2H2,1H3/i8D,9D,10D,11D,21D,22D,23D,24D. The predicted molar refractivity (Wildman–Crippen MR) is 182 cm³/mol. The van der Waals surface area contributed by atoms with Crippen LogP contribution in [0.25, 0.3) is 71.6 Å². The SMILES string of the molecule is [2H]c1c([2H])c([2H])c2c(-c3ccccc3-c3ccccc3)c3c([2H])c([2H])c([2H])c([2H])c3c(-c3cccc(-n4c(CC)nc5ccccc54)c3)c2c1[2H]. The molecule has 0 N–H and O–H groups in total. The molecule has 2 heteroatoms. The summed E-state index contributed by atoms with van der Waals surface area (Å²) >= 11 is 0. The molecule has 43 heavy (non-hydrogen) atoms. The number of fused-ring (bicyclic) bond motifs is 3. The van der Waals surface area contributed by atoms with E-state index in [-0.39, 0.29) is 45.7 Å². The minimum Gasteiger partial charge on any atom is -0.296 e. The molecule has 0 bridgehead atoms. The maximum absolute atomic E-state index is 9.35. The number of imidazole rings is 1. The van der Waals surface area contributed by atoms with E-state index in [0.29, 0.717) is 28.7 Å². The minimum atomic E-state index is -0.429. The lowest BCUT2D eigenvalue weighted by Crippen LogP contribution is -2.00. The molecule has 0 unspecified atom stereocenters.